The van der Waals surface area contributed by atoms with E-state index in [0.717, 1.165) is 0 Å². The number of aromatic nitrogens is 1. The van der Waals surface area contributed by atoms with E-state index in [4.69, 9.17) is 13.4 Å². The molecule has 1 aliphatic rings. The van der Waals surface area contributed by atoms with Crippen LogP contribution < -0.4 is 0 Å². The van der Waals surface area contributed by atoms with E-state index in [1.807, 2.05) is 0 Å². The number of piperazine rings is 1. The Morgan fingerprint density at radius 3 is 2.52 bits per heavy atom. The smallest absolute Gasteiger partial charge is 0.289 e. The van der Waals surface area contributed by atoms with E-state index in [1.165, 1.54) is 22.7 Å². The number of aryl methyl sites for hydroxylation is 1. The first-order valence-electron chi connectivity index (χ1n) is 8.31. The molecule has 3 aromatic rings. The molecule has 9 nitrogen and oxygen atoms in total. The molecule has 1 aliphatic heterocycles. The van der Waals surface area contributed by atoms with Gasteiger partial charge in [0.25, 0.3) is 15.9 Å². The highest BCUT2D eigenvalue weighted by molar-refractivity contribution is 7.89. The van der Waals surface area contributed by atoms with Gasteiger partial charge in [-0.05, 0) is 31.2 Å². The second-order valence-corrected chi connectivity index (χ2v) is 7.99. The van der Waals surface area contributed by atoms with Crippen LogP contribution in [0.1, 0.15) is 16.2 Å². The minimum absolute atomic E-state index is 0.169. The van der Waals surface area contributed by atoms with E-state index in [-0.39, 0.29) is 42.9 Å². The zero-order valence-corrected chi connectivity index (χ0v) is 15.3. The number of nitrogens with zero attached hydrogens (tertiary/aromatic N) is 3. The van der Waals surface area contributed by atoms with Gasteiger partial charge in [-0.25, -0.2) is 8.42 Å². The third-order valence-electron chi connectivity index (χ3n) is 4.30. The van der Waals surface area contributed by atoms with Gasteiger partial charge in [0, 0.05) is 32.2 Å². The Labute approximate surface area is 155 Å². The molecule has 0 bridgehead atoms. The number of rotatable bonds is 4. The summed E-state index contributed by atoms with van der Waals surface area (Å²) in [5, 5.41) is 3.59. The molecule has 1 amide bonds. The molecule has 0 unspecified atom stereocenters. The summed E-state index contributed by atoms with van der Waals surface area (Å²) < 4.78 is 42.6. The van der Waals surface area contributed by atoms with Crippen molar-refractivity contribution in [3.63, 3.8) is 0 Å². The van der Waals surface area contributed by atoms with Crippen LogP contribution >= 0.6 is 0 Å². The summed E-state index contributed by atoms with van der Waals surface area (Å²) in [5.74, 6) is 0.644. The predicted octanol–water partition coefficient (Wildman–Crippen LogP) is 1.98. The van der Waals surface area contributed by atoms with Gasteiger partial charge in [0.2, 0.25) is 10.9 Å². The molecule has 0 saturated carbocycles. The molecule has 4 heterocycles. The minimum atomic E-state index is -3.80. The summed E-state index contributed by atoms with van der Waals surface area (Å²) in [7, 11) is -3.80. The zero-order valence-electron chi connectivity index (χ0n) is 14.5. The fourth-order valence-electron chi connectivity index (χ4n) is 2.89. The van der Waals surface area contributed by atoms with E-state index >= 15 is 0 Å². The van der Waals surface area contributed by atoms with Crippen molar-refractivity contribution in [1.29, 1.82) is 0 Å². The molecule has 27 heavy (non-hydrogen) atoms. The average molecular weight is 391 g/mol. The molecular weight excluding hydrogens is 374 g/mol. The summed E-state index contributed by atoms with van der Waals surface area (Å²) in [6.45, 7) is 2.65. The summed E-state index contributed by atoms with van der Waals surface area (Å²) in [4.78, 5) is 13.8. The van der Waals surface area contributed by atoms with E-state index in [1.54, 1.807) is 30.0 Å². The van der Waals surface area contributed by atoms with E-state index in [9.17, 15) is 13.2 Å². The lowest BCUT2D eigenvalue weighted by molar-refractivity contribution is 0.0665. The largest absolute Gasteiger partial charge is 0.459 e. The van der Waals surface area contributed by atoms with Gasteiger partial charge in [0.15, 0.2) is 11.5 Å². The fraction of sp³-hybridized carbons (Fsp3) is 0.294. The maximum Gasteiger partial charge on any atom is 0.289 e. The summed E-state index contributed by atoms with van der Waals surface area (Å²) in [5.41, 5.74) is 0.670. The number of sulfonamides is 1. The van der Waals surface area contributed by atoms with Gasteiger partial charge in [-0.15, -0.1) is 0 Å². The van der Waals surface area contributed by atoms with Crippen molar-refractivity contribution < 1.29 is 26.6 Å². The number of furan rings is 2. The van der Waals surface area contributed by atoms with Crippen LogP contribution in [0.3, 0.4) is 0 Å². The Bertz CT molecular complexity index is 1040. The lowest BCUT2D eigenvalue weighted by Gasteiger charge is -2.32. The lowest BCUT2D eigenvalue weighted by atomic mass is 10.3. The first-order chi connectivity index (χ1) is 12.9. The number of hydrogen-bond donors (Lipinski definition) is 0. The third-order valence-corrected chi connectivity index (χ3v) is 6.08. The molecule has 0 spiro atoms. The number of carbonyl (C=O) groups is 1. The summed E-state index contributed by atoms with van der Waals surface area (Å²) in [6, 6.07) is 7.81. The van der Waals surface area contributed by atoms with Crippen molar-refractivity contribution in [3.05, 3.63) is 48.0 Å². The molecule has 142 valence electrons. The van der Waals surface area contributed by atoms with E-state index < -0.39 is 10.0 Å². The maximum atomic E-state index is 12.8. The highest BCUT2D eigenvalue weighted by Gasteiger charge is 2.33. The Kier molecular flexibility index (Phi) is 4.36. The van der Waals surface area contributed by atoms with Crippen molar-refractivity contribution in [3.8, 4) is 11.5 Å². The highest BCUT2D eigenvalue weighted by Crippen LogP contribution is 2.27. The SMILES string of the molecule is Cc1cc(-c2ccc(S(=O)(=O)N3CCN(C(=O)c4ccco4)CC3)o2)on1. The molecule has 1 fully saturated rings. The summed E-state index contributed by atoms with van der Waals surface area (Å²) in [6.07, 6.45) is 1.43. The van der Waals surface area contributed by atoms with Crippen LogP contribution in [0.5, 0.6) is 0 Å². The molecule has 10 heteroatoms. The minimum Gasteiger partial charge on any atom is -0.459 e. The Morgan fingerprint density at radius 2 is 1.89 bits per heavy atom. The lowest BCUT2D eigenvalue weighted by Crippen LogP contribution is -2.50. The highest BCUT2D eigenvalue weighted by atomic mass is 32.2. The Balaban J connectivity index is 1.46. The van der Waals surface area contributed by atoms with Crippen molar-refractivity contribution in [1.82, 2.24) is 14.4 Å². The number of hydrogen-bond acceptors (Lipinski definition) is 7. The van der Waals surface area contributed by atoms with E-state index in [2.05, 4.69) is 5.16 Å². The first-order valence-corrected chi connectivity index (χ1v) is 9.75. The molecule has 0 aliphatic carbocycles. The van der Waals surface area contributed by atoms with Gasteiger partial charge in [-0.2, -0.15) is 4.31 Å². The van der Waals surface area contributed by atoms with Gasteiger partial charge in [-0.1, -0.05) is 5.16 Å². The van der Waals surface area contributed by atoms with Crippen LogP contribution in [-0.4, -0.2) is 54.9 Å². The normalized spacial score (nSPS) is 16.0. The first kappa shape index (κ1) is 17.6. The van der Waals surface area contributed by atoms with Crippen molar-refractivity contribution in [2.45, 2.75) is 12.0 Å². The zero-order chi connectivity index (χ0) is 19.0. The Hall–Kier alpha value is -2.85. The van der Waals surface area contributed by atoms with Gasteiger partial charge in [0.05, 0.1) is 12.0 Å². The van der Waals surface area contributed by atoms with Crippen LogP contribution in [0.15, 0.2) is 55.0 Å². The van der Waals surface area contributed by atoms with Gasteiger partial charge >= 0.3 is 0 Å². The van der Waals surface area contributed by atoms with Crippen LogP contribution in [0, 0.1) is 6.92 Å². The van der Waals surface area contributed by atoms with Crippen LogP contribution in [0.2, 0.25) is 0 Å². The molecule has 4 rings (SSSR count). The second kappa shape index (κ2) is 6.71. The quantitative estimate of drug-likeness (QED) is 0.669. The standard InChI is InChI=1S/C17H17N3O6S/c1-12-11-15(26-18-12)13-4-5-16(25-13)27(22,23)20-8-6-19(7-9-20)17(21)14-3-2-10-24-14/h2-5,10-11H,6-9H2,1H3. The third kappa shape index (κ3) is 3.28. The maximum absolute atomic E-state index is 12.8. The van der Waals surface area contributed by atoms with Gasteiger partial charge in [-0.3, -0.25) is 4.79 Å². The molecule has 1 saturated heterocycles. The molecular formula is C17H17N3O6S. The second-order valence-electron chi connectivity index (χ2n) is 6.12. The van der Waals surface area contributed by atoms with Gasteiger partial charge in [0.1, 0.15) is 0 Å². The average Bonchev–Trinajstić information content (AvgIpc) is 3.42. The molecule has 0 aromatic carbocycles. The van der Waals surface area contributed by atoms with Gasteiger partial charge < -0.3 is 18.3 Å². The molecule has 3 aromatic heterocycles. The number of carbonyl (C=O) groups excluding carboxylic acids is 1. The molecule has 0 atom stereocenters. The van der Waals surface area contributed by atoms with Crippen molar-refractivity contribution in [2.75, 3.05) is 26.2 Å². The topological polar surface area (TPSA) is 110 Å². The predicted molar refractivity (Wildman–Crippen MR) is 92.3 cm³/mol. The van der Waals surface area contributed by atoms with E-state index in [0.29, 0.717) is 17.2 Å². The summed E-state index contributed by atoms with van der Waals surface area (Å²) >= 11 is 0. The molecule has 0 radical (unpaired) electrons. The number of amides is 1. The van der Waals surface area contributed by atoms with Crippen LogP contribution in [0.4, 0.5) is 0 Å². The van der Waals surface area contributed by atoms with Crippen LogP contribution in [0.25, 0.3) is 11.5 Å². The van der Waals surface area contributed by atoms with Crippen molar-refractivity contribution >= 4 is 15.9 Å². The Morgan fingerprint density at radius 1 is 1.11 bits per heavy atom. The van der Waals surface area contributed by atoms with Crippen molar-refractivity contribution in [2.24, 2.45) is 0 Å². The van der Waals surface area contributed by atoms with Crippen LogP contribution in [-0.2, 0) is 10.0 Å². The monoisotopic (exact) mass is 391 g/mol. The fourth-order valence-corrected chi connectivity index (χ4v) is 4.22. The molecule has 0 N–H and O–H groups in total.